The number of aryl methyl sites for hydroxylation is 2. The van der Waals surface area contributed by atoms with Gasteiger partial charge in [-0.1, -0.05) is 30.3 Å². The zero-order chi connectivity index (χ0) is 16.7. The third-order valence-electron chi connectivity index (χ3n) is 3.73. The molecule has 1 N–H and O–H groups in total. The predicted molar refractivity (Wildman–Crippen MR) is 98.4 cm³/mol. The molecule has 0 spiro atoms. The summed E-state index contributed by atoms with van der Waals surface area (Å²) in [6, 6.07) is 9.83. The van der Waals surface area contributed by atoms with Gasteiger partial charge in [-0.15, -0.1) is 11.3 Å². The summed E-state index contributed by atoms with van der Waals surface area (Å²) < 4.78 is 4.17. The Hall–Kier alpha value is -2.58. The van der Waals surface area contributed by atoms with Crippen LogP contribution in [0.25, 0.3) is 16.3 Å². The van der Waals surface area contributed by atoms with Gasteiger partial charge in [0.25, 0.3) is 0 Å². The largest absolute Gasteiger partial charge is 0.286 e. The molecule has 0 fully saturated rings. The van der Waals surface area contributed by atoms with E-state index in [2.05, 4.69) is 37.0 Å². The molecule has 8 heteroatoms. The monoisotopic (exact) mass is 354 g/mol. The summed E-state index contributed by atoms with van der Waals surface area (Å²) in [5, 5.41) is 13.7. The van der Waals surface area contributed by atoms with Gasteiger partial charge in [-0.2, -0.15) is 14.9 Å². The van der Waals surface area contributed by atoms with Crippen LogP contribution in [-0.4, -0.2) is 30.5 Å². The Bertz CT molecular complexity index is 1100. The molecule has 3 aromatic heterocycles. The summed E-state index contributed by atoms with van der Waals surface area (Å²) in [6.07, 6.45) is 1.78. The lowest BCUT2D eigenvalue weighted by Crippen LogP contribution is -1.98. The molecular weight excluding hydrogens is 340 g/mol. The van der Waals surface area contributed by atoms with E-state index in [4.69, 9.17) is 12.2 Å². The number of H-pyrrole nitrogens is 1. The first-order chi connectivity index (χ1) is 11.6. The van der Waals surface area contributed by atoms with E-state index < -0.39 is 0 Å². The van der Waals surface area contributed by atoms with Crippen LogP contribution in [0.3, 0.4) is 0 Å². The van der Waals surface area contributed by atoms with Crippen LogP contribution in [0.1, 0.15) is 17.1 Å². The quantitative estimate of drug-likeness (QED) is 0.449. The first-order valence-corrected chi connectivity index (χ1v) is 8.64. The van der Waals surface area contributed by atoms with Gasteiger partial charge >= 0.3 is 0 Å². The molecule has 0 aliphatic carbocycles. The molecule has 6 nitrogen and oxygen atoms in total. The Morgan fingerprint density at radius 2 is 2.04 bits per heavy atom. The van der Waals surface area contributed by atoms with Crippen molar-refractivity contribution >= 4 is 34.7 Å². The van der Waals surface area contributed by atoms with E-state index >= 15 is 0 Å². The van der Waals surface area contributed by atoms with Crippen molar-refractivity contribution in [2.75, 3.05) is 0 Å². The third kappa shape index (κ3) is 2.40. The number of imidazole rings is 1. The summed E-state index contributed by atoms with van der Waals surface area (Å²) in [4.78, 5) is 5.53. The minimum Gasteiger partial charge on any atom is -0.286 e. The smallest absolute Gasteiger partial charge is 0.216 e. The molecule has 120 valence electrons. The molecule has 24 heavy (non-hydrogen) atoms. The van der Waals surface area contributed by atoms with Gasteiger partial charge in [0, 0.05) is 16.6 Å². The normalized spacial score (nSPS) is 11.8. The van der Waals surface area contributed by atoms with Gasteiger partial charge in [-0.05, 0) is 26.1 Å². The number of nitrogens with zero attached hydrogens (tertiary/aromatic N) is 5. The van der Waals surface area contributed by atoms with Crippen LogP contribution in [0, 0.1) is 18.6 Å². The fraction of sp³-hybridized carbons (Fsp3) is 0.125. The van der Waals surface area contributed by atoms with E-state index in [0.717, 1.165) is 27.6 Å². The van der Waals surface area contributed by atoms with Crippen LogP contribution in [0.2, 0.25) is 0 Å². The van der Waals surface area contributed by atoms with Gasteiger partial charge in [0.15, 0.2) is 10.8 Å². The van der Waals surface area contributed by atoms with Gasteiger partial charge in [0.1, 0.15) is 0 Å². The molecule has 0 atom stereocenters. The third-order valence-corrected chi connectivity index (χ3v) is 4.94. The highest BCUT2D eigenvalue weighted by Crippen LogP contribution is 2.20. The molecule has 3 heterocycles. The number of benzene rings is 1. The highest BCUT2D eigenvalue weighted by Gasteiger charge is 2.11. The second kappa shape index (κ2) is 5.81. The summed E-state index contributed by atoms with van der Waals surface area (Å²) in [7, 11) is 0. The maximum Gasteiger partial charge on any atom is 0.216 e. The average Bonchev–Trinajstić information content (AvgIpc) is 3.22. The molecule has 0 saturated carbocycles. The lowest BCUT2D eigenvalue weighted by atomic mass is 10.2. The fourth-order valence-corrected chi connectivity index (χ4v) is 3.66. The molecule has 1 aromatic carbocycles. The zero-order valence-corrected chi connectivity index (χ0v) is 14.7. The van der Waals surface area contributed by atoms with Crippen LogP contribution in [0.5, 0.6) is 0 Å². The second-order valence-corrected chi connectivity index (χ2v) is 6.58. The van der Waals surface area contributed by atoms with Crippen molar-refractivity contribution in [2.24, 2.45) is 5.10 Å². The van der Waals surface area contributed by atoms with E-state index in [0.29, 0.717) is 10.6 Å². The maximum atomic E-state index is 5.32. The molecule has 0 saturated heterocycles. The molecular formula is C16H14N6S2. The highest BCUT2D eigenvalue weighted by atomic mass is 32.1. The van der Waals surface area contributed by atoms with Crippen molar-refractivity contribution in [3.05, 3.63) is 57.6 Å². The number of nitrogens with one attached hydrogen (secondary N) is 1. The number of thiazole rings is 1. The minimum absolute atomic E-state index is 0.450. The Kier molecular flexibility index (Phi) is 3.62. The lowest BCUT2D eigenvalue weighted by Gasteiger charge is -2.01. The van der Waals surface area contributed by atoms with E-state index in [1.165, 1.54) is 0 Å². The van der Waals surface area contributed by atoms with Crippen molar-refractivity contribution < 1.29 is 0 Å². The van der Waals surface area contributed by atoms with Crippen LogP contribution < -0.4 is 0 Å². The maximum absolute atomic E-state index is 5.32. The van der Waals surface area contributed by atoms with Crippen molar-refractivity contribution in [1.29, 1.82) is 0 Å². The molecule has 0 amide bonds. The SMILES string of the molecule is Cc1nc2scc(C)n2c1/C=N/n1c(-c2ccccc2)n[nH]c1=S. The van der Waals surface area contributed by atoms with E-state index in [-0.39, 0.29) is 0 Å². The topological polar surface area (TPSA) is 63.3 Å². The molecule has 0 aliphatic rings. The number of hydrogen-bond donors (Lipinski definition) is 1. The van der Waals surface area contributed by atoms with E-state index in [1.807, 2.05) is 37.3 Å². The van der Waals surface area contributed by atoms with Gasteiger partial charge in [0.2, 0.25) is 4.77 Å². The highest BCUT2D eigenvalue weighted by molar-refractivity contribution is 7.71. The fourth-order valence-electron chi connectivity index (χ4n) is 2.56. The molecule has 4 aromatic rings. The summed E-state index contributed by atoms with van der Waals surface area (Å²) in [5.74, 6) is 0.678. The summed E-state index contributed by atoms with van der Waals surface area (Å²) in [6.45, 7) is 4.04. The predicted octanol–water partition coefficient (Wildman–Crippen LogP) is 3.82. The van der Waals surface area contributed by atoms with Crippen molar-refractivity contribution in [1.82, 2.24) is 24.3 Å². The zero-order valence-electron chi connectivity index (χ0n) is 13.1. The first-order valence-electron chi connectivity index (χ1n) is 7.35. The Morgan fingerprint density at radius 3 is 2.83 bits per heavy atom. The number of hydrogen-bond acceptors (Lipinski definition) is 5. The number of aromatic amines is 1. The lowest BCUT2D eigenvalue weighted by molar-refractivity contribution is 0.869. The second-order valence-electron chi connectivity index (χ2n) is 5.35. The standard InChI is InChI=1S/C16H14N6S2/c1-10-9-24-16-18-11(2)13(21(10)16)8-17-22-14(19-20-15(22)23)12-6-4-3-5-7-12/h3-9H,1-2H3,(H,20,23)/b17-8+. The van der Waals surface area contributed by atoms with Crippen LogP contribution >= 0.6 is 23.6 Å². The van der Waals surface area contributed by atoms with Crippen molar-refractivity contribution in [2.45, 2.75) is 13.8 Å². The number of aromatic nitrogens is 5. The van der Waals surface area contributed by atoms with Crippen molar-refractivity contribution in [3.8, 4) is 11.4 Å². The van der Waals surface area contributed by atoms with Gasteiger partial charge in [0.05, 0.1) is 17.6 Å². The summed E-state index contributed by atoms with van der Waals surface area (Å²) in [5.41, 5.74) is 3.97. The van der Waals surface area contributed by atoms with Crippen LogP contribution in [0.15, 0.2) is 40.8 Å². The molecule has 0 radical (unpaired) electrons. The Balaban J connectivity index is 1.82. The van der Waals surface area contributed by atoms with E-state index in [1.54, 1.807) is 22.2 Å². The summed E-state index contributed by atoms with van der Waals surface area (Å²) >= 11 is 6.94. The molecule has 0 aliphatic heterocycles. The molecule has 4 rings (SSSR count). The molecule has 0 unspecified atom stereocenters. The first kappa shape index (κ1) is 15.0. The number of rotatable bonds is 3. The minimum atomic E-state index is 0.450. The van der Waals surface area contributed by atoms with E-state index in [9.17, 15) is 0 Å². The van der Waals surface area contributed by atoms with Crippen molar-refractivity contribution in [3.63, 3.8) is 0 Å². The van der Waals surface area contributed by atoms with Crippen LogP contribution in [0.4, 0.5) is 0 Å². The molecule has 0 bridgehead atoms. The van der Waals surface area contributed by atoms with Gasteiger partial charge < -0.3 is 0 Å². The Morgan fingerprint density at radius 1 is 1.25 bits per heavy atom. The average molecular weight is 354 g/mol. The Labute approximate surface area is 147 Å². The number of fused-ring (bicyclic) bond motifs is 1. The van der Waals surface area contributed by atoms with Gasteiger partial charge in [-0.3, -0.25) is 4.40 Å². The van der Waals surface area contributed by atoms with Crippen LogP contribution in [-0.2, 0) is 0 Å². The van der Waals surface area contributed by atoms with Gasteiger partial charge in [-0.25, -0.2) is 10.1 Å².